The first-order valence-electron chi connectivity index (χ1n) is 11.1. The van der Waals surface area contributed by atoms with E-state index in [1.807, 2.05) is 0 Å². The lowest BCUT2D eigenvalue weighted by Crippen LogP contribution is -2.50. The zero-order valence-electron chi connectivity index (χ0n) is 19.8. The van der Waals surface area contributed by atoms with E-state index in [9.17, 15) is 32.7 Å². The van der Waals surface area contributed by atoms with E-state index >= 15 is 0 Å². The van der Waals surface area contributed by atoms with Gasteiger partial charge in [-0.2, -0.15) is 13.2 Å². The third kappa shape index (κ3) is 4.16. The summed E-state index contributed by atoms with van der Waals surface area (Å²) in [6.07, 6.45) is -6.73. The number of nitrogen functional groups attached to an aromatic ring is 1. The van der Waals surface area contributed by atoms with E-state index in [1.165, 1.54) is 67.7 Å². The van der Waals surface area contributed by atoms with Crippen LogP contribution < -0.4 is 15.5 Å². The fourth-order valence-electron chi connectivity index (χ4n) is 4.47. The van der Waals surface area contributed by atoms with Crippen LogP contribution in [0, 0.1) is 0 Å². The number of hydrogen-bond acceptors (Lipinski definition) is 6. The summed E-state index contributed by atoms with van der Waals surface area (Å²) < 4.78 is 46.2. The first kappa shape index (κ1) is 25.9. The highest BCUT2D eigenvalue weighted by Gasteiger charge is 2.58. The highest BCUT2D eigenvalue weighted by atomic mass is 35.5. The number of carbonyl (C=O) groups is 3. The number of ether oxygens (including phenoxy) is 1. The second-order valence-electron chi connectivity index (χ2n) is 8.59. The third-order valence-corrected chi connectivity index (χ3v) is 6.36. The number of aromatic amines is 1. The molecule has 4 aromatic rings. The van der Waals surface area contributed by atoms with Gasteiger partial charge in [0.05, 0.1) is 16.7 Å². The van der Waals surface area contributed by atoms with Gasteiger partial charge in [0, 0.05) is 34.4 Å². The van der Waals surface area contributed by atoms with E-state index in [1.54, 1.807) is 0 Å². The molecule has 4 N–H and O–H groups in total. The van der Waals surface area contributed by atoms with Gasteiger partial charge in [-0.15, -0.1) is 0 Å². The highest BCUT2D eigenvalue weighted by molar-refractivity contribution is 6.31. The average molecular weight is 560 g/mol. The molecule has 0 saturated carbocycles. The van der Waals surface area contributed by atoms with Gasteiger partial charge in [-0.3, -0.25) is 14.6 Å². The van der Waals surface area contributed by atoms with E-state index in [0.717, 1.165) is 9.80 Å². The summed E-state index contributed by atoms with van der Waals surface area (Å²) >= 11 is 6.17. The lowest BCUT2D eigenvalue weighted by atomic mass is 9.92. The van der Waals surface area contributed by atoms with Crippen molar-refractivity contribution in [2.75, 3.05) is 22.6 Å². The topological polar surface area (TPSA) is 142 Å². The molecule has 0 spiro atoms. The Kier molecular flexibility index (Phi) is 5.91. The summed E-state index contributed by atoms with van der Waals surface area (Å²) in [5, 5.41) is 9.36. The number of alkyl halides is 3. The smallest absolute Gasteiger partial charge is 0.465 e. The number of imidazole rings is 1. The molecular weight excluding hydrogens is 543 g/mol. The van der Waals surface area contributed by atoms with Crippen LogP contribution in [0.25, 0.3) is 11.0 Å². The number of fused-ring (bicyclic) bond motifs is 2. The van der Waals surface area contributed by atoms with E-state index in [2.05, 4.69) is 9.97 Å². The van der Waals surface area contributed by atoms with Gasteiger partial charge >= 0.3 is 18.2 Å². The van der Waals surface area contributed by atoms with Crippen LogP contribution in [-0.4, -0.2) is 46.3 Å². The van der Waals surface area contributed by atoms with Crippen LogP contribution in [0.2, 0.25) is 5.02 Å². The van der Waals surface area contributed by atoms with E-state index in [4.69, 9.17) is 22.1 Å². The number of H-pyrrole nitrogens is 1. The Morgan fingerprint density at radius 3 is 2.54 bits per heavy atom. The summed E-state index contributed by atoms with van der Waals surface area (Å²) in [6, 6.07) is 13.8. The SMILES string of the molecule is CN(C(=O)O)c1nc2ccc(C3(OC(=O)C(F)(F)F)c4ccccc4C(=O)N3c3cc(N)cc(Cl)c3)cc2[nH]1. The standard InChI is InChI=1S/C25H17ClF3N5O5/c1-33(23(37)38)22-31-18-7-6-12(8-19(18)32-22)24(39-21(36)25(27,28)29)17-5-3-2-4-16(17)20(35)34(24)15-10-13(26)9-14(30)11-15/h2-11H,30H2,1H3,(H,31,32)(H,37,38). The number of halogens is 4. The van der Waals surface area contributed by atoms with Crippen LogP contribution in [-0.2, 0) is 15.3 Å². The maximum atomic E-state index is 13.7. The van der Waals surface area contributed by atoms with Crippen LogP contribution in [0.4, 0.5) is 35.3 Å². The molecule has 0 radical (unpaired) electrons. The van der Waals surface area contributed by atoms with E-state index in [0.29, 0.717) is 0 Å². The van der Waals surface area contributed by atoms with Crippen LogP contribution in [0.15, 0.2) is 60.7 Å². The molecule has 39 heavy (non-hydrogen) atoms. The fourth-order valence-corrected chi connectivity index (χ4v) is 4.70. The average Bonchev–Trinajstić information content (AvgIpc) is 3.39. The monoisotopic (exact) mass is 559 g/mol. The summed E-state index contributed by atoms with van der Waals surface area (Å²) in [7, 11) is 1.24. The molecule has 200 valence electrons. The second-order valence-corrected chi connectivity index (χ2v) is 9.03. The van der Waals surface area contributed by atoms with E-state index in [-0.39, 0.29) is 50.1 Å². The first-order valence-corrected chi connectivity index (χ1v) is 11.5. The maximum absolute atomic E-state index is 13.7. The Bertz CT molecular complexity index is 1650. The van der Waals surface area contributed by atoms with Crippen molar-refractivity contribution < 1.29 is 37.4 Å². The van der Waals surface area contributed by atoms with Gasteiger partial charge in [0.2, 0.25) is 11.7 Å². The fraction of sp³-hybridized carbons (Fsp3) is 0.120. The zero-order chi connectivity index (χ0) is 28.3. The number of anilines is 3. The molecule has 0 bridgehead atoms. The number of hydrogen-bond donors (Lipinski definition) is 3. The Hall–Kier alpha value is -4.78. The van der Waals surface area contributed by atoms with Crippen molar-refractivity contribution >= 4 is 57.9 Å². The molecule has 10 nitrogen and oxygen atoms in total. The molecule has 0 saturated heterocycles. The van der Waals surface area contributed by atoms with Crippen molar-refractivity contribution in [3.05, 3.63) is 82.4 Å². The largest absolute Gasteiger partial charge is 0.491 e. The van der Waals surface area contributed by atoms with Crippen LogP contribution in [0.1, 0.15) is 21.5 Å². The molecule has 0 aliphatic carbocycles. The van der Waals surface area contributed by atoms with Crippen molar-refractivity contribution in [3.8, 4) is 0 Å². The molecule has 14 heteroatoms. The van der Waals surface area contributed by atoms with Crippen LogP contribution >= 0.6 is 11.6 Å². The number of rotatable bonds is 4. The maximum Gasteiger partial charge on any atom is 0.491 e. The number of amides is 2. The Labute approximate surface area is 222 Å². The molecule has 1 aliphatic rings. The summed E-state index contributed by atoms with van der Waals surface area (Å²) in [6.45, 7) is 0. The van der Waals surface area contributed by atoms with Crippen molar-refractivity contribution in [3.63, 3.8) is 0 Å². The van der Waals surface area contributed by atoms with Gasteiger partial charge in [-0.25, -0.2) is 14.6 Å². The normalized spacial score (nSPS) is 16.8. The third-order valence-electron chi connectivity index (χ3n) is 6.14. The predicted molar refractivity (Wildman–Crippen MR) is 135 cm³/mol. The summed E-state index contributed by atoms with van der Waals surface area (Å²) in [5.74, 6) is -3.40. The van der Waals surface area contributed by atoms with Gasteiger partial charge in [0.15, 0.2) is 0 Å². The van der Waals surface area contributed by atoms with Gasteiger partial charge in [-0.1, -0.05) is 35.9 Å². The van der Waals surface area contributed by atoms with Crippen LogP contribution in [0.5, 0.6) is 0 Å². The number of aromatic nitrogens is 2. The number of nitrogens with two attached hydrogens (primary N) is 1. The number of benzene rings is 3. The molecule has 1 aromatic heterocycles. The molecule has 1 unspecified atom stereocenters. The summed E-state index contributed by atoms with van der Waals surface area (Å²) in [4.78, 5) is 46.2. The van der Waals surface area contributed by atoms with Gasteiger partial charge in [0.1, 0.15) is 0 Å². The van der Waals surface area contributed by atoms with E-state index < -0.39 is 29.9 Å². The Morgan fingerprint density at radius 1 is 1.15 bits per heavy atom. The van der Waals surface area contributed by atoms with Crippen molar-refractivity contribution in [2.24, 2.45) is 0 Å². The molecule has 1 aliphatic heterocycles. The molecule has 3 aromatic carbocycles. The first-order chi connectivity index (χ1) is 18.3. The Morgan fingerprint density at radius 2 is 1.87 bits per heavy atom. The van der Waals surface area contributed by atoms with Crippen molar-refractivity contribution in [1.82, 2.24) is 9.97 Å². The number of esters is 1. The van der Waals surface area contributed by atoms with Gasteiger partial charge in [-0.05, 0) is 36.4 Å². The van der Waals surface area contributed by atoms with Crippen molar-refractivity contribution in [2.45, 2.75) is 11.9 Å². The zero-order valence-corrected chi connectivity index (χ0v) is 20.5. The lowest BCUT2D eigenvalue weighted by Gasteiger charge is -2.39. The molecule has 0 fully saturated rings. The molecule has 1 atom stereocenters. The summed E-state index contributed by atoms with van der Waals surface area (Å²) in [5.41, 5.74) is 3.84. The molecular formula is C25H17ClF3N5O5. The molecule has 5 rings (SSSR count). The molecule has 2 amide bonds. The quantitative estimate of drug-likeness (QED) is 0.239. The minimum absolute atomic E-state index is 0.0259. The van der Waals surface area contributed by atoms with Gasteiger partial charge in [0.25, 0.3) is 5.91 Å². The Balaban J connectivity index is 1.83. The predicted octanol–water partition coefficient (Wildman–Crippen LogP) is 4.88. The number of carboxylic acid groups (broad SMARTS) is 1. The minimum atomic E-state index is -5.41. The lowest BCUT2D eigenvalue weighted by molar-refractivity contribution is -0.211. The number of carbonyl (C=O) groups excluding carboxylic acids is 2. The highest BCUT2D eigenvalue weighted by Crippen LogP contribution is 2.49. The van der Waals surface area contributed by atoms with Crippen molar-refractivity contribution in [1.29, 1.82) is 0 Å². The van der Waals surface area contributed by atoms with Gasteiger partial charge < -0.3 is 20.6 Å². The molecule has 2 heterocycles. The van der Waals surface area contributed by atoms with Crippen LogP contribution in [0.3, 0.4) is 0 Å². The second kappa shape index (κ2) is 8.91. The number of nitrogens with one attached hydrogen (secondary N) is 1. The minimum Gasteiger partial charge on any atom is -0.465 e. The number of nitrogens with zero attached hydrogens (tertiary/aromatic N) is 3.